The van der Waals surface area contributed by atoms with E-state index in [9.17, 15) is 4.79 Å². The van der Waals surface area contributed by atoms with Crippen molar-refractivity contribution in [1.29, 1.82) is 0 Å². The van der Waals surface area contributed by atoms with E-state index in [1.165, 1.54) is 0 Å². The third kappa shape index (κ3) is 4.41. The van der Waals surface area contributed by atoms with Crippen LogP contribution in [-0.2, 0) is 0 Å². The average Bonchev–Trinajstić information content (AvgIpc) is 3.02. The lowest BCUT2D eigenvalue weighted by Crippen LogP contribution is -2.16. The van der Waals surface area contributed by atoms with Gasteiger partial charge in [0.1, 0.15) is 5.76 Å². The molecular weight excluding hydrogens is 359 g/mol. The molecule has 3 aromatic rings. The van der Waals surface area contributed by atoms with Crippen LogP contribution < -0.4 is 5.32 Å². The van der Waals surface area contributed by atoms with Crippen molar-refractivity contribution in [2.24, 2.45) is 0 Å². The molecule has 25 heavy (non-hydrogen) atoms. The summed E-state index contributed by atoms with van der Waals surface area (Å²) < 4.78 is 5.09. The SMILES string of the molecule is Cc1cc(NC(CC(=O)c2ccc(Cl)c(Cl)c2)c2ccccc2)no1. The molecule has 3 rings (SSSR count). The number of hydrogen-bond acceptors (Lipinski definition) is 4. The molecule has 6 heteroatoms. The van der Waals surface area contributed by atoms with Gasteiger partial charge < -0.3 is 9.84 Å². The van der Waals surface area contributed by atoms with E-state index in [-0.39, 0.29) is 18.2 Å². The van der Waals surface area contributed by atoms with Gasteiger partial charge >= 0.3 is 0 Å². The Labute approximate surface area is 155 Å². The minimum Gasteiger partial charge on any atom is -0.360 e. The van der Waals surface area contributed by atoms with Crippen molar-refractivity contribution in [1.82, 2.24) is 5.16 Å². The van der Waals surface area contributed by atoms with E-state index in [0.29, 0.717) is 27.2 Å². The summed E-state index contributed by atoms with van der Waals surface area (Å²) in [5, 5.41) is 8.00. The summed E-state index contributed by atoms with van der Waals surface area (Å²) in [7, 11) is 0. The molecule has 4 nitrogen and oxygen atoms in total. The second kappa shape index (κ2) is 7.72. The number of aryl methyl sites for hydroxylation is 1. The molecule has 1 atom stereocenters. The van der Waals surface area contributed by atoms with Gasteiger partial charge in [-0.25, -0.2) is 0 Å². The van der Waals surface area contributed by atoms with Gasteiger partial charge in [0.25, 0.3) is 0 Å². The van der Waals surface area contributed by atoms with E-state index < -0.39 is 0 Å². The van der Waals surface area contributed by atoms with Gasteiger partial charge in [-0.15, -0.1) is 0 Å². The second-order valence-electron chi connectivity index (χ2n) is 5.69. The van der Waals surface area contributed by atoms with Crippen LogP contribution in [0.15, 0.2) is 59.1 Å². The lowest BCUT2D eigenvalue weighted by molar-refractivity contribution is 0.0976. The Kier molecular flexibility index (Phi) is 5.41. The van der Waals surface area contributed by atoms with Crippen LogP contribution in [0.1, 0.15) is 34.1 Å². The van der Waals surface area contributed by atoms with Crippen molar-refractivity contribution in [2.75, 3.05) is 5.32 Å². The Hall–Kier alpha value is -2.30. The number of nitrogens with one attached hydrogen (secondary N) is 1. The molecule has 1 N–H and O–H groups in total. The number of carbonyl (C=O) groups excluding carboxylic acids is 1. The van der Waals surface area contributed by atoms with Gasteiger partial charge in [0.05, 0.1) is 16.1 Å². The summed E-state index contributed by atoms with van der Waals surface area (Å²) in [6, 6.07) is 16.2. The molecule has 0 aliphatic rings. The number of ketones is 1. The van der Waals surface area contributed by atoms with Crippen LogP contribution in [0.4, 0.5) is 5.82 Å². The van der Waals surface area contributed by atoms with Crippen LogP contribution in [0.25, 0.3) is 0 Å². The number of carbonyl (C=O) groups is 1. The Morgan fingerprint density at radius 2 is 1.88 bits per heavy atom. The minimum absolute atomic E-state index is 0.0415. The zero-order chi connectivity index (χ0) is 17.8. The monoisotopic (exact) mass is 374 g/mol. The van der Waals surface area contributed by atoms with Crippen LogP contribution in [0.2, 0.25) is 10.0 Å². The number of hydrogen-bond donors (Lipinski definition) is 1. The maximum atomic E-state index is 12.7. The number of rotatable bonds is 6. The maximum absolute atomic E-state index is 12.7. The topological polar surface area (TPSA) is 55.1 Å². The molecule has 0 aliphatic heterocycles. The molecule has 0 amide bonds. The fraction of sp³-hybridized carbons (Fsp3) is 0.158. The van der Waals surface area contributed by atoms with Crippen LogP contribution in [0.5, 0.6) is 0 Å². The van der Waals surface area contributed by atoms with Gasteiger partial charge in [-0.2, -0.15) is 0 Å². The van der Waals surface area contributed by atoms with E-state index in [2.05, 4.69) is 10.5 Å². The normalized spacial score (nSPS) is 12.0. The quantitative estimate of drug-likeness (QED) is 0.560. The molecule has 0 saturated heterocycles. The van der Waals surface area contributed by atoms with Crippen molar-refractivity contribution in [3.8, 4) is 0 Å². The molecule has 0 aliphatic carbocycles. The highest BCUT2D eigenvalue weighted by Gasteiger charge is 2.19. The molecule has 1 heterocycles. The van der Waals surface area contributed by atoms with Crippen LogP contribution in [0, 0.1) is 6.92 Å². The van der Waals surface area contributed by atoms with Crippen molar-refractivity contribution in [3.05, 3.63) is 81.5 Å². The zero-order valence-corrected chi connectivity index (χ0v) is 15.0. The number of nitrogens with zero attached hydrogens (tertiary/aromatic N) is 1. The second-order valence-corrected chi connectivity index (χ2v) is 6.50. The summed E-state index contributed by atoms with van der Waals surface area (Å²) in [5.41, 5.74) is 1.50. The molecule has 0 saturated carbocycles. The van der Waals surface area contributed by atoms with Crippen LogP contribution in [0.3, 0.4) is 0 Å². The molecule has 1 aromatic heterocycles. The van der Waals surface area contributed by atoms with Gasteiger partial charge in [-0.3, -0.25) is 4.79 Å². The average molecular weight is 375 g/mol. The largest absolute Gasteiger partial charge is 0.360 e. The Balaban J connectivity index is 1.83. The highest BCUT2D eigenvalue weighted by molar-refractivity contribution is 6.42. The standard InChI is InChI=1S/C19H16Cl2N2O2/c1-12-9-19(23-25-12)22-17(13-5-3-2-4-6-13)11-18(24)14-7-8-15(20)16(21)10-14/h2-10,17H,11H2,1H3,(H,22,23). The van der Waals surface area contributed by atoms with Crippen LogP contribution >= 0.6 is 23.2 Å². The Morgan fingerprint density at radius 1 is 1.12 bits per heavy atom. The van der Waals surface area contributed by atoms with Crippen molar-refractivity contribution in [2.45, 2.75) is 19.4 Å². The molecule has 0 bridgehead atoms. The first kappa shape index (κ1) is 17.5. The minimum atomic E-state index is -0.243. The first-order chi connectivity index (χ1) is 12.0. The highest BCUT2D eigenvalue weighted by atomic mass is 35.5. The Bertz CT molecular complexity index is 878. The third-order valence-corrected chi connectivity index (χ3v) is 4.52. The number of anilines is 1. The summed E-state index contributed by atoms with van der Waals surface area (Å²) in [6.45, 7) is 1.82. The number of halogens is 2. The molecule has 0 radical (unpaired) electrons. The molecule has 0 spiro atoms. The fourth-order valence-corrected chi connectivity index (χ4v) is 2.82. The van der Waals surface area contributed by atoms with E-state index in [1.807, 2.05) is 37.3 Å². The van der Waals surface area contributed by atoms with E-state index in [4.69, 9.17) is 27.7 Å². The predicted molar refractivity (Wildman–Crippen MR) is 99.5 cm³/mol. The predicted octanol–water partition coefficient (Wildman–Crippen LogP) is 5.72. The third-order valence-electron chi connectivity index (χ3n) is 3.78. The van der Waals surface area contributed by atoms with E-state index in [1.54, 1.807) is 24.3 Å². The molecule has 0 fully saturated rings. The maximum Gasteiger partial charge on any atom is 0.170 e. The first-order valence-corrected chi connectivity index (χ1v) is 8.51. The number of benzene rings is 2. The van der Waals surface area contributed by atoms with E-state index in [0.717, 1.165) is 5.56 Å². The van der Waals surface area contributed by atoms with E-state index >= 15 is 0 Å². The Morgan fingerprint density at radius 3 is 2.52 bits per heavy atom. The van der Waals surface area contributed by atoms with Gasteiger partial charge in [0.2, 0.25) is 0 Å². The summed E-state index contributed by atoms with van der Waals surface area (Å²) in [4.78, 5) is 12.7. The highest BCUT2D eigenvalue weighted by Crippen LogP contribution is 2.27. The lowest BCUT2D eigenvalue weighted by atomic mass is 9.98. The van der Waals surface area contributed by atoms with Gasteiger partial charge in [0.15, 0.2) is 11.6 Å². The molecular formula is C19H16Cl2N2O2. The summed E-state index contributed by atoms with van der Waals surface area (Å²) in [6.07, 6.45) is 0.244. The smallest absolute Gasteiger partial charge is 0.170 e. The molecule has 1 unspecified atom stereocenters. The van der Waals surface area contributed by atoms with Crippen molar-refractivity contribution in [3.63, 3.8) is 0 Å². The van der Waals surface area contributed by atoms with Gasteiger partial charge in [0, 0.05) is 18.1 Å². The van der Waals surface area contributed by atoms with Crippen molar-refractivity contribution >= 4 is 34.8 Å². The van der Waals surface area contributed by atoms with Gasteiger partial charge in [-0.1, -0.05) is 58.7 Å². The number of Topliss-reactive ketones (excluding diaryl/α,β-unsaturated/α-hetero) is 1. The zero-order valence-electron chi connectivity index (χ0n) is 13.5. The molecule has 2 aromatic carbocycles. The number of aromatic nitrogens is 1. The summed E-state index contributed by atoms with van der Waals surface area (Å²) >= 11 is 11.9. The molecule has 128 valence electrons. The lowest BCUT2D eigenvalue weighted by Gasteiger charge is -2.18. The first-order valence-electron chi connectivity index (χ1n) is 7.76. The van der Waals surface area contributed by atoms with Crippen molar-refractivity contribution < 1.29 is 9.32 Å². The fourth-order valence-electron chi connectivity index (χ4n) is 2.52. The summed E-state index contributed by atoms with van der Waals surface area (Å²) in [5.74, 6) is 1.25. The van der Waals surface area contributed by atoms with Gasteiger partial charge in [-0.05, 0) is 30.7 Å². The van der Waals surface area contributed by atoms with Crippen LogP contribution in [-0.4, -0.2) is 10.9 Å².